The first kappa shape index (κ1) is 24.1. The smallest absolute Gasteiger partial charge is 0.225 e. The van der Waals surface area contributed by atoms with Gasteiger partial charge in [0.1, 0.15) is 4.60 Å². The summed E-state index contributed by atoms with van der Waals surface area (Å²) in [5, 5.41) is 20.7. The number of anilines is 1. The molecule has 2 heterocycles. The molecular formula is C22H24BrN7O3S. The van der Waals surface area contributed by atoms with Crippen LogP contribution < -0.4 is 10.6 Å². The van der Waals surface area contributed by atoms with E-state index in [0.717, 1.165) is 19.1 Å². The van der Waals surface area contributed by atoms with Crippen molar-refractivity contribution in [3.8, 4) is 11.8 Å². The van der Waals surface area contributed by atoms with Gasteiger partial charge >= 0.3 is 0 Å². The molecule has 3 aromatic rings. The Morgan fingerprint density at radius 3 is 2.82 bits per heavy atom. The maximum Gasteiger partial charge on any atom is 0.225 e. The fourth-order valence-corrected chi connectivity index (χ4v) is 5.63. The molecule has 10 nitrogen and oxygen atoms in total. The van der Waals surface area contributed by atoms with E-state index < -0.39 is 15.3 Å². The van der Waals surface area contributed by atoms with Crippen molar-refractivity contribution in [2.75, 3.05) is 18.6 Å². The third-order valence-electron chi connectivity index (χ3n) is 6.01. The van der Waals surface area contributed by atoms with Gasteiger partial charge in [-0.05, 0) is 59.0 Å². The minimum Gasteiger partial charge on any atom is -0.359 e. The summed E-state index contributed by atoms with van der Waals surface area (Å²) in [5.41, 5.74) is 1.39. The highest BCUT2D eigenvalue weighted by Crippen LogP contribution is 2.39. The van der Waals surface area contributed by atoms with Crippen LogP contribution in [0.1, 0.15) is 37.3 Å². The quantitative estimate of drug-likeness (QED) is 0.481. The van der Waals surface area contributed by atoms with E-state index in [1.54, 1.807) is 36.1 Å². The molecule has 12 heteroatoms. The molecule has 1 aromatic carbocycles. The van der Waals surface area contributed by atoms with Gasteiger partial charge in [0, 0.05) is 31.0 Å². The first-order chi connectivity index (χ1) is 16.0. The number of carbonyl (C=O) groups is 1. The Kier molecular flexibility index (Phi) is 6.35. The van der Waals surface area contributed by atoms with Gasteiger partial charge in [-0.2, -0.15) is 15.3 Å². The molecular weight excluding hydrogens is 522 g/mol. The Hall–Kier alpha value is -3.04. The van der Waals surface area contributed by atoms with Crippen molar-refractivity contribution in [2.45, 2.75) is 38.0 Å². The molecule has 0 radical (unpaired) electrons. The number of nitrogens with zero attached hydrogens (tertiary/aromatic N) is 5. The van der Waals surface area contributed by atoms with Gasteiger partial charge in [0.25, 0.3) is 0 Å². The monoisotopic (exact) mass is 545 g/mol. The maximum atomic E-state index is 12.2. The Morgan fingerprint density at radius 2 is 2.15 bits per heavy atom. The second kappa shape index (κ2) is 8.96. The molecule has 1 aliphatic rings. The molecule has 178 valence electrons. The Balaban J connectivity index is 1.70. The van der Waals surface area contributed by atoms with Gasteiger partial charge in [-0.25, -0.2) is 18.1 Å². The number of nitrogens with one attached hydrogen (secondary N) is 2. The molecule has 2 aromatic heterocycles. The number of amides is 1. The average Bonchev–Trinajstić information content (AvgIpc) is 3.32. The summed E-state index contributed by atoms with van der Waals surface area (Å²) in [6, 6.07) is 6.98. The van der Waals surface area contributed by atoms with E-state index in [1.807, 2.05) is 6.92 Å². The number of fused-ring (bicyclic) bond motifs is 1. The van der Waals surface area contributed by atoms with Crippen LogP contribution in [0.2, 0.25) is 0 Å². The second-order valence-electron chi connectivity index (χ2n) is 8.93. The third-order valence-corrected chi connectivity index (χ3v) is 7.45. The van der Waals surface area contributed by atoms with Gasteiger partial charge in [0.15, 0.2) is 15.5 Å². The number of halogens is 1. The lowest BCUT2D eigenvalue weighted by Crippen LogP contribution is -2.35. The van der Waals surface area contributed by atoms with Gasteiger partial charge in [0.05, 0.1) is 28.5 Å². The lowest BCUT2D eigenvalue weighted by molar-refractivity contribution is -0.129. The van der Waals surface area contributed by atoms with Gasteiger partial charge in [-0.15, -0.1) is 0 Å². The Morgan fingerprint density at radius 1 is 1.38 bits per heavy atom. The topological polar surface area (TPSA) is 143 Å². The van der Waals surface area contributed by atoms with Crippen LogP contribution in [0.25, 0.3) is 16.7 Å². The van der Waals surface area contributed by atoms with E-state index in [0.29, 0.717) is 44.8 Å². The number of sulfone groups is 1. The highest BCUT2D eigenvalue weighted by molar-refractivity contribution is 9.10. The zero-order valence-electron chi connectivity index (χ0n) is 19.0. The fraction of sp³-hybridized carbons (Fsp3) is 0.409. The van der Waals surface area contributed by atoms with Crippen molar-refractivity contribution in [3.05, 3.63) is 40.1 Å². The minimum atomic E-state index is -3.29. The van der Waals surface area contributed by atoms with Crippen LogP contribution in [0.5, 0.6) is 0 Å². The zero-order valence-corrected chi connectivity index (χ0v) is 21.4. The molecule has 0 unspecified atom stereocenters. The fourth-order valence-electron chi connectivity index (χ4n) is 4.42. The van der Waals surface area contributed by atoms with Gasteiger partial charge in [0.2, 0.25) is 11.9 Å². The predicted octanol–water partition coefficient (Wildman–Crippen LogP) is 2.71. The summed E-state index contributed by atoms with van der Waals surface area (Å²) in [4.78, 5) is 21.3. The van der Waals surface area contributed by atoms with Crippen LogP contribution in [0.15, 0.2) is 29.0 Å². The summed E-state index contributed by atoms with van der Waals surface area (Å²) in [6.07, 6.45) is 5.04. The highest BCUT2D eigenvalue weighted by atomic mass is 79.9. The number of rotatable bonds is 6. The molecule has 1 saturated carbocycles. The van der Waals surface area contributed by atoms with Crippen LogP contribution >= 0.6 is 15.9 Å². The minimum absolute atomic E-state index is 0.0254. The summed E-state index contributed by atoms with van der Waals surface area (Å²) in [5.74, 6) is 0.237. The molecule has 1 fully saturated rings. The number of nitriles is 1. The van der Waals surface area contributed by atoms with Crippen LogP contribution in [0.3, 0.4) is 0 Å². The molecule has 1 amide bonds. The van der Waals surface area contributed by atoms with E-state index in [9.17, 15) is 18.5 Å². The standard InChI is InChI=1S/C22H24BrN7O3S/c1-22(20(31)25-2)5-4-15(9-22)27-21-26-11-17-18(23)29-30(19(17)28-21)16-7-13(10-24)6-14(8-16)12-34(3,32)33/h6-8,11,15H,4-5,9,12H2,1-3H3,(H,25,31)(H,26,27,28)/t15-,22-/m1/s1. The number of aromatic nitrogens is 4. The van der Waals surface area contributed by atoms with Crippen molar-refractivity contribution in [2.24, 2.45) is 5.41 Å². The normalized spacial score (nSPS) is 20.3. The predicted molar refractivity (Wildman–Crippen MR) is 131 cm³/mol. The average molecular weight is 546 g/mol. The van der Waals surface area contributed by atoms with Crippen LogP contribution in [-0.4, -0.2) is 53.4 Å². The van der Waals surface area contributed by atoms with Crippen molar-refractivity contribution in [3.63, 3.8) is 0 Å². The zero-order chi connectivity index (χ0) is 24.7. The van der Waals surface area contributed by atoms with E-state index in [-0.39, 0.29) is 17.7 Å². The molecule has 0 aliphatic heterocycles. The molecule has 0 spiro atoms. The second-order valence-corrected chi connectivity index (χ2v) is 11.8. The molecule has 1 aliphatic carbocycles. The third kappa shape index (κ3) is 4.90. The van der Waals surface area contributed by atoms with Gasteiger partial charge < -0.3 is 10.6 Å². The SMILES string of the molecule is CNC(=O)[C@]1(C)CC[C@@H](Nc2ncc3c(Br)nn(-c4cc(C#N)cc(CS(C)(=O)=O)c4)c3n2)C1. The van der Waals surface area contributed by atoms with Crippen molar-refractivity contribution in [1.29, 1.82) is 5.26 Å². The van der Waals surface area contributed by atoms with Crippen LogP contribution in [0, 0.1) is 16.7 Å². The summed E-state index contributed by atoms with van der Waals surface area (Å²) in [6.45, 7) is 1.96. The largest absolute Gasteiger partial charge is 0.359 e. The lowest BCUT2D eigenvalue weighted by atomic mass is 9.87. The molecule has 4 rings (SSSR count). The van der Waals surface area contributed by atoms with Crippen molar-refractivity contribution in [1.82, 2.24) is 25.1 Å². The number of hydrogen-bond acceptors (Lipinski definition) is 8. The first-order valence-corrected chi connectivity index (χ1v) is 13.5. The highest BCUT2D eigenvalue weighted by Gasteiger charge is 2.41. The molecule has 2 atom stereocenters. The van der Waals surface area contributed by atoms with E-state index in [1.165, 1.54) is 0 Å². The lowest BCUT2D eigenvalue weighted by Gasteiger charge is -2.22. The van der Waals surface area contributed by atoms with Gasteiger partial charge in [-0.1, -0.05) is 6.92 Å². The number of carbonyl (C=O) groups excluding carboxylic acids is 1. The molecule has 0 bridgehead atoms. The summed E-state index contributed by atoms with van der Waals surface area (Å²) < 4.78 is 25.7. The maximum absolute atomic E-state index is 12.2. The Bertz CT molecular complexity index is 1430. The Labute approximate surface area is 205 Å². The molecule has 0 saturated heterocycles. The van der Waals surface area contributed by atoms with E-state index >= 15 is 0 Å². The summed E-state index contributed by atoms with van der Waals surface area (Å²) >= 11 is 3.43. The number of hydrogen-bond donors (Lipinski definition) is 2. The van der Waals surface area contributed by atoms with Crippen LogP contribution in [0.4, 0.5) is 5.95 Å². The van der Waals surface area contributed by atoms with Crippen molar-refractivity contribution >= 4 is 48.7 Å². The first-order valence-electron chi connectivity index (χ1n) is 10.6. The van der Waals surface area contributed by atoms with Crippen molar-refractivity contribution < 1.29 is 13.2 Å². The van der Waals surface area contributed by atoms with Crippen LogP contribution in [-0.2, 0) is 20.4 Å². The van der Waals surface area contributed by atoms with Gasteiger partial charge in [-0.3, -0.25) is 4.79 Å². The summed E-state index contributed by atoms with van der Waals surface area (Å²) in [7, 11) is -1.64. The molecule has 34 heavy (non-hydrogen) atoms. The number of benzene rings is 1. The van der Waals surface area contributed by atoms with E-state index in [4.69, 9.17) is 0 Å². The van der Waals surface area contributed by atoms with E-state index in [2.05, 4.69) is 47.7 Å². The molecule has 2 N–H and O–H groups in total.